The summed E-state index contributed by atoms with van der Waals surface area (Å²) in [6.45, 7) is 5.83. The maximum atomic E-state index is 12.2. The number of aryl methyl sites for hydroxylation is 1. The Morgan fingerprint density at radius 2 is 2.14 bits per heavy atom. The van der Waals surface area contributed by atoms with Crippen LogP contribution in [-0.4, -0.2) is 28.0 Å². The van der Waals surface area contributed by atoms with Crippen LogP contribution in [0.3, 0.4) is 0 Å². The second-order valence-electron chi connectivity index (χ2n) is 4.52. The third-order valence-electron chi connectivity index (χ3n) is 2.93. The summed E-state index contributed by atoms with van der Waals surface area (Å²) < 4.78 is 6.61. The monoisotopic (exact) mass is 337 g/mol. The van der Waals surface area contributed by atoms with E-state index in [9.17, 15) is 4.79 Å². The van der Waals surface area contributed by atoms with Gasteiger partial charge >= 0.3 is 0 Å². The van der Waals surface area contributed by atoms with Crippen LogP contribution in [0.5, 0.6) is 5.75 Å². The molecule has 0 unspecified atom stereocenters. The molecule has 1 heterocycles. The highest BCUT2D eigenvalue weighted by atomic mass is 32.2. The molecule has 1 amide bonds. The van der Waals surface area contributed by atoms with Gasteiger partial charge in [-0.05, 0) is 30.7 Å². The van der Waals surface area contributed by atoms with Crippen molar-refractivity contribution in [3.63, 3.8) is 0 Å². The quantitative estimate of drug-likeness (QED) is 0.617. The fourth-order valence-electron chi connectivity index (χ4n) is 1.80. The molecular weight excluding hydrogens is 318 g/mol. The predicted molar refractivity (Wildman–Crippen MR) is 90.8 cm³/mol. The first-order chi connectivity index (χ1) is 10.6. The summed E-state index contributed by atoms with van der Waals surface area (Å²) in [5, 5.41) is 11.2. The van der Waals surface area contributed by atoms with Crippen molar-refractivity contribution < 1.29 is 9.53 Å². The number of amides is 1. The van der Waals surface area contributed by atoms with Gasteiger partial charge in [0.05, 0.1) is 0 Å². The number of benzene rings is 1. The zero-order valence-corrected chi connectivity index (χ0v) is 14.5. The van der Waals surface area contributed by atoms with E-state index in [2.05, 4.69) is 22.4 Å². The molecule has 2 aromatic rings. The van der Waals surface area contributed by atoms with Crippen LogP contribution in [0.4, 0.5) is 5.13 Å². The van der Waals surface area contributed by atoms with E-state index in [1.165, 1.54) is 11.3 Å². The maximum Gasteiger partial charge on any atom is 0.266 e. The Hall–Kier alpha value is -1.60. The summed E-state index contributed by atoms with van der Waals surface area (Å²) >= 11 is 2.97. The van der Waals surface area contributed by atoms with Gasteiger partial charge in [0, 0.05) is 0 Å². The Bertz CT molecular complexity index is 631. The molecule has 0 saturated carbocycles. The van der Waals surface area contributed by atoms with Gasteiger partial charge < -0.3 is 4.74 Å². The number of ether oxygens (including phenoxy) is 1. The number of hydrogen-bond donors (Lipinski definition) is 1. The molecule has 1 aromatic carbocycles. The summed E-state index contributed by atoms with van der Waals surface area (Å²) in [7, 11) is 0. The van der Waals surface area contributed by atoms with Gasteiger partial charge in [-0.25, -0.2) is 0 Å². The average molecular weight is 337 g/mol. The normalized spacial score (nSPS) is 12.0. The molecule has 0 spiro atoms. The topological polar surface area (TPSA) is 64.1 Å². The van der Waals surface area contributed by atoms with Crippen LogP contribution < -0.4 is 10.1 Å². The summed E-state index contributed by atoms with van der Waals surface area (Å²) in [5.74, 6) is 1.44. The Kier molecular flexibility index (Phi) is 6.21. The van der Waals surface area contributed by atoms with Gasteiger partial charge in [0.15, 0.2) is 10.4 Å². The molecule has 0 aliphatic heterocycles. The van der Waals surface area contributed by atoms with Crippen LogP contribution in [0.1, 0.15) is 26.3 Å². The van der Waals surface area contributed by atoms with E-state index in [0.29, 0.717) is 5.13 Å². The zero-order valence-electron chi connectivity index (χ0n) is 12.8. The van der Waals surface area contributed by atoms with Crippen molar-refractivity contribution in [1.82, 2.24) is 10.2 Å². The molecule has 22 heavy (non-hydrogen) atoms. The summed E-state index contributed by atoms with van der Waals surface area (Å²) in [6, 6.07) is 7.74. The van der Waals surface area contributed by atoms with Gasteiger partial charge in [0.1, 0.15) is 5.75 Å². The van der Waals surface area contributed by atoms with Crippen molar-refractivity contribution in [2.75, 3.05) is 11.1 Å². The van der Waals surface area contributed by atoms with E-state index in [4.69, 9.17) is 4.74 Å². The number of carbonyl (C=O) groups excluding carboxylic acids is 1. The van der Waals surface area contributed by atoms with E-state index < -0.39 is 6.10 Å². The molecule has 1 atom stereocenters. The molecule has 0 aliphatic rings. The molecular formula is C15H19N3O2S2. The van der Waals surface area contributed by atoms with Crippen molar-refractivity contribution in [3.05, 3.63) is 29.8 Å². The second-order valence-corrected chi connectivity index (χ2v) is 7.01. The van der Waals surface area contributed by atoms with Crippen LogP contribution in [-0.2, 0) is 11.2 Å². The van der Waals surface area contributed by atoms with Crippen LogP contribution in [0, 0.1) is 0 Å². The molecule has 0 saturated heterocycles. The molecule has 0 radical (unpaired) electrons. The lowest BCUT2D eigenvalue weighted by Gasteiger charge is -2.15. The lowest BCUT2D eigenvalue weighted by Crippen LogP contribution is -2.30. The van der Waals surface area contributed by atoms with Crippen LogP contribution in [0.2, 0.25) is 0 Å². The smallest absolute Gasteiger partial charge is 0.266 e. The highest BCUT2D eigenvalue weighted by molar-refractivity contribution is 8.01. The van der Waals surface area contributed by atoms with Crippen molar-refractivity contribution in [1.29, 1.82) is 0 Å². The van der Waals surface area contributed by atoms with E-state index in [1.807, 2.05) is 31.2 Å². The fraction of sp³-hybridized carbons (Fsp3) is 0.400. The second kappa shape index (κ2) is 8.14. The van der Waals surface area contributed by atoms with E-state index in [1.54, 1.807) is 18.7 Å². The van der Waals surface area contributed by atoms with E-state index in [0.717, 1.165) is 27.8 Å². The number of carbonyl (C=O) groups is 1. The largest absolute Gasteiger partial charge is 0.481 e. The van der Waals surface area contributed by atoms with E-state index >= 15 is 0 Å². The standard InChI is InChI=1S/C15H19N3O2S2/c1-4-11-8-6-7-9-12(11)20-10(3)13(19)16-14-17-18-15(22-14)21-5-2/h6-10H,4-5H2,1-3H3,(H,16,17,19)/t10-/m1/s1. The average Bonchev–Trinajstić information content (AvgIpc) is 2.95. The Labute approximate surface area is 138 Å². The zero-order chi connectivity index (χ0) is 15.9. The molecule has 2 rings (SSSR count). The van der Waals surface area contributed by atoms with Crippen LogP contribution in [0.25, 0.3) is 0 Å². The number of nitrogens with zero attached hydrogens (tertiary/aromatic N) is 2. The number of hydrogen-bond acceptors (Lipinski definition) is 6. The lowest BCUT2D eigenvalue weighted by atomic mass is 10.1. The first-order valence-corrected chi connectivity index (χ1v) is 8.96. The van der Waals surface area contributed by atoms with Gasteiger partial charge in [0.25, 0.3) is 5.91 Å². The molecule has 5 nitrogen and oxygen atoms in total. The number of anilines is 1. The molecule has 118 valence electrons. The third kappa shape index (κ3) is 4.45. The van der Waals surface area contributed by atoms with Gasteiger partial charge in [0.2, 0.25) is 5.13 Å². The Balaban J connectivity index is 1.96. The summed E-state index contributed by atoms with van der Waals surface area (Å²) in [4.78, 5) is 12.2. The summed E-state index contributed by atoms with van der Waals surface area (Å²) in [6.07, 6.45) is 0.261. The fourth-order valence-corrected chi connectivity index (χ4v) is 3.46. The Morgan fingerprint density at radius 3 is 2.86 bits per heavy atom. The third-order valence-corrected chi connectivity index (χ3v) is 4.79. The number of thioether (sulfide) groups is 1. The number of aromatic nitrogens is 2. The minimum atomic E-state index is -0.598. The van der Waals surface area contributed by atoms with Crippen LogP contribution >= 0.6 is 23.1 Å². The Morgan fingerprint density at radius 1 is 1.36 bits per heavy atom. The van der Waals surface area contributed by atoms with Gasteiger partial charge in [-0.3, -0.25) is 10.1 Å². The highest BCUT2D eigenvalue weighted by Gasteiger charge is 2.18. The predicted octanol–water partition coefficient (Wildman–Crippen LogP) is 3.62. The molecule has 1 aromatic heterocycles. The van der Waals surface area contributed by atoms with Gasteiger partial charge in [-0.2, -0.15) is 0 Å². The molecule has 7 heteroatoms. The number of rotatable bonds is 7. The van der Waals surface area contributed by atoms with E-state index in [-0.39, 0.29) is 5.91 Å². The molecule has 0 aliphatic carbocycles. The van der Waals surface area contributed by atoms with Crippen molar-refractivity contribution in [2.45, 2.75) is 37.6 Å². The number of para-hydroxylation sites is 1. The summed E-state index contributed by atoms with van der Waals surface area (Å²) in [5.41, 5.74) is 1.08. The molecule has 0 fully saturated rings. The number of nitrogens with one attached hydrogen (secondary N) is 1. The minimum Gasteiger partial charge on any atom is -0.481 e. The first-order valence-electron chi connectivity index (χ1n) is 7.15. The van der Waals surface area contributed by atoms with Crippen molar-refractivity contribution >= 4 is 34.1 Å². The maximum absolute atomic E-state index is 12.2. The van der Waals surface area contributed by atoms with Gasteiger partial charge in [-0.1, -0.05) is 55.1 Å². The van der Waals surface area contributed by atoms with Crippen molar-refractivity contribution in [2.24, 2.45) is 0 Å². The first kappa shape index (κ1) is 16.8. The SMILES string of the molecule is CCSc1nnc(NC(=O)[C@@H](C)Oc2ccccc2CC)s1. The molecule has 0 bridgehead atoms. The minimum absolute atomic E-state index is 0.227. The van der Waals surface area contributed by atoms with Crippen molar-refractivity contribution in [3.8, 4) is 5.75 Å². The lowest BCUT2D eigenvalue weighted by molar-refractivity contribution is -0.122. The molecule has 1 N–H and O–H groups in total. The van der Waals surface area contributed by atoms with Gasteiger partial charge in [-0.15, -0.1) is 10.2 Å². The van der Waals surface area contributed by atoms with Crippen LogP contribution in [0.15, 0.2) is 28.6 Å². The highest BCUT2D eigenvalue weighted by Crippen LogP contribution is 2.25.